The molecule has 0 saturated carbocycles. The quantitative estimate of drug-likeness (QED) is 0.503. The van der Waals surface area contributed by atoms with Crippen LogP contribution >= 0.6 is 0 Å². The number of hydrogen-bond acceptors (Lipinski definition) is 7. The number of hydrogen-bond donors (Lipinski definition) is 1. The van der Waals surface area contributed by atoms with Crippen LogP contribution in [-0.2, 0) is 0 Å². The first-order valence-electron chi connectivity index (χ1n) is 5.07. The standard InChI is InChI=1S/C10H8N4O5/c1-6-4-8(13-19-6)10(15)12-11-5-7-2-3-9(18-7)14(16)17/h2-5H,1H3,(H,12,15)/b11-5+. The lowest BCUT2D eigenvalue weighted by Crippen LogP contribution is -2.17. The Bertz CT molecular complexity index is 642. The first-order valence-corrected chi connectivity index (χ1v) is 5.07. The van der Waals surface area contributed by atoms with E-state index in [1.54, 1.807) is 6.92 Å². The highest BCUT2D eigenvalue weighted by Crippen LogP contribution is 2.13. The van der Waals surface area contributed by atoms with Crippen LogP contribution in [0.5, 0.6) is 0 Å². The highest BCUT2D eigenvalue weighted by Gasteiger charge is 2.11. The second-order valence-corrected chi connectivity index (χ2v) is 3.46. The van der Waals surface area contributed by atoms with Crippen LogP contribution in [0.25, 0.3) is 0 Å². The highest BCUT2D eigenvalue weighted by molar-refractivity contribution is 5.92. The summed E-state index contributed by atoms with van der Waals surface area (Å²) in [5.41, 5.74) is 2.26. The second kappa shape index (κ2) is 5.12. The van der Waals surface area contributed by atoms with Gasteiger partial charge in [-0.1, -0.05) is 5.16 Å². The van der Waals surface area contributed by atoms with Crippen LogP contribution < -0.4 is 5.43 Å². The Kier molecular flexibility index (Phi) is 3.37. The van der Waals surface area contributed by atoms with Crippen LogP contribution in [-0.4, -0.2) is 22.2 Å². The van der Waals surface area contributed by atoms with Crippen molar-refractivity contribution in [3.8, 4) is 0 Å². The first-order chi connectivity index (χ1) is 9.06. The van der Waals surface area contributed by atoms with E-state index in [1.165, 1.54) is 18.2 Å². The summed E-state index contributed by atoms with van der Waals surface area (Å²) in [6.45, 7) is 1.65. The Hall–Kier alpha value is -2.97. The van der Waals surface area contributed by atoms with E-state index in [2.05, 4.69) is 15.7 Å². The fraction of sp³-hybridized carbons (Fsp3) is 0.100. The number of furan rings is 1. The molecule has 0 aliphatic carbocycles. The molecule has 1 N–H and O–H groups in total. The van der Waals surface area contributed by atoms with E-state index >= 15 is 0 Å². The molecule has 2 heterocycles. The third kappa shape index (κ3) is 3.03. The number of carbonyl (C=O) groups is 1. The molecule has 0 aromatic carbocycles. The maximum absolute atomic E-state index is 11.5. The number of aryl methyl sites for hydroxylation is 1. The number of rotatable bonds is 4. The number of nitro groups is 1. The average molecular weight is 264 g/mol. The lowest BCUT2D eigenvalue weighted by atomic mass is 10.4. The normalized spacial score (nSPS) is 10.8. The Morgan fingerprint density at radius 2 is 2.37 bits per heavy atom. The van der Waals surface area contributed by atoms with Crippen molar-refractivity contribution in [1.82, 2.24) is 10.6 Å². The van der Waals surface area contributed by atoms with Crippen LogP contribution in [0.3, 0.4) is 0 Å². The molecule has 1 amide bonds. The summed E-state index contributed by atoms with van der Waals surface area (Å²) in [7, 11) is 0. The molecule has 2 aromatic heterocycles. The predicted octanol–water partition coefficient (Wildman–Crippen LogP) is 1.25. The maximum atomic E-state index is 11.5. The van der Waals surface area contributed by atoms with Crippen LogP contribution in [0, 0.1) is 17.0 Å². The average Bonchev–Trinajstić information content (AvgIpc) is 2.98. The lowest BCUT2D eigenvalue weighted by Gasteiger charge is -1.92. The molecule has 0 aliphatic heterocycles. The van der Waals surface area contributed by atoms with Crippen molar-refractivity contribution in [3.05, 3.63) is 45.5 Å². The molecular formula is C10H8N4O5. The zero-order valence-electron chi connectivity index (χ0n) is 9.69. The minimum Gasteiger partial charge on any atom is -0.400 e. The van der Waals surface area contributed by atoms with E-state index in [0.29, 0.717) is 5.76 Å². The predicted molar refractivity (Wildman–Crippen MR) is 61.7 cm³/mol. The SMILES string of the molecule is Cc1cc(C(=O)N/N=C/c2ccc([N+](=O)[O-])o2)no1. The fourth-order valence-corrected chi connectivity index (χ4v) is 1.19. The summed E-state index contributed by atoms with van der Waals surface area (Å²) < 4.78 is 9.53. The van der Waals surface area contributed by atoms with E-state index in [-0.39, 0.29) is 11.5 Å². The number of amides is 1. The van der Waals surface area contributed by atoms with Gasteiger partial charge >= 0.3 is 5.88 Å². The molecule has 9 nitrogen and oxygen atoms in total. The number of nitrogens with zero attached hydrogens (tertiary/aromatic N) is 3. The summed E-state index contributed by atoms with van der Waals surface area (Å²) in [4.78, 5) is 21.2. The fourth-order valence-electron chi connectivity index (χ4n) is 1.19. The van der Waals surface area contributed by atoms with E-state index in [4.69, 9.17) is 8.94 Å². The maximum Gasteiger partial charge on any atom is 0.433 e. The topological polar surface area (TPSA) is 124 Å². The number of carbonyl (C=O) groups excluding carboxylic acids is 1. The number of hydrazone groups is 1. The summed E-state index contributed by atoms with van der Waals surface area (Å²) in [6, 6.07) is 3.99. The Morgan fingerprint density at radius 1 is 1.58 bits per heavy atom. The van der Waals surface area contributed by atoms with E-state index in [9.17, 15) is 14.9 Å². The third-order valence-electron chi connectivity index (χ3n) is 2.01. The van der Waals surface area contributed by atoms with Gasteiger partial charge in [0, 0.05) is 6.07 Å². The van der Waals surface area contributed by atoms with Gasteiger partial charge in [-0.2, -0.15) is 5.10 Å². The molecule has 0 unspecified atom stereocenters. The molecule has 0 fully saturated rings. The van der Waals surface area contributed by atoms with Gasteiger partial charge in [0.1, 0.15) is 10.7 Å². The van der Waals surface area contributed by atoms with Gasteiger partial charge in [-0.05, 0) is 13.0 Å². The molecule has 98 valence electrons. The molecule has 0 saturated heterocycles. The molecule has 0 spiro atoms. The van der Waals surface area contributed by atoms with E-state index < -0.39 is 16.7 Å². The molecule has 2 rings (SSSR count). The van der Waals surface area contributed by atoms with Crippen molar-refractivity contribution >= 4 is 18.0 Å². The molecule has 9 heteroatoms. The van der Waals surface area contributed by atoms with Crippen LogP contribution in [0.1, 0.15) is 22.0 Å². The van der Waals surface area contributed by atoms with Gasteiger partial charge in [0.15, 0.2) is 11.5 Å². The van der Waals surface area contributed by atoms with Gasteiger partial charge in [-0.25, -0.2) is 5.43 Å². The van der Waals surface area contributed by atoms with E-state index in [1.807, 2.05) is 0 Å². The minimum absolute atomic E-state index is 0.0834. The summed E-state index contributed by atoms with van der Waals surface area (Å²) >= 11 is 0. The monoisotopic (exact) mass is 264 g/mol. The van der Waals surface area contributed by atoms with Gasteiger partial charge < -0.3 is 8.94 Å². The number of nitrogens with one attached hydrogen (secondary N) is 1. The highest BCUT2D eigenvalue weighted by atomic mass is 16.6. The van der Waals surface area contributed by atoms with Crippen molar-refractivity contribution in [2.45, 2.75) is 6.92 Å². The Labute approximate surface area is 106 Å². The summed E-state index contributed by atoms with van der Waals surface area (Å²) in [5.74, 6) is -0.326. The van der Waals surface area contributed by atoms with Crippen molar-refractivity contribution in [2.75, 3.05) is 0 Å². The molecule has 0 atom stereocenters. The van der Waals surface area contributed by atoms with Crippen LogP contribution in [0.2, 0.25) is 0 Å². The summed E-state index contributed by atoms with van der Waals surface area (Å²) in [5, 5.41) is 17.4. The zero-order valence-corrected chi connectivity index (χ0v) is 9.69. The molecular weight excluding hydrogens is 256 g/mol. The van der Waals surface area contributed by atoms with Crippen molar-refractivity contribution < 1.29 is 18.7 Å². The number of aromatic nitrogens is 1. The first kappa shape index (κ1) is 12.5. The largest absolute Gasteiger partial charge is 0.433 e. The molecule has 2 aromatic rings. The van der Waals surface area contributed by atoms with Crippen molar-refractivity contribution in [2.24, 2.45) is 5.10 Å². The molecule has 0 radical (unpaired) electrons. The second-order valence-electron chi connectivity index (χ2n) is 3.46. The molecule has 0 aliphatic rings. The zero-order chi connectivity index (χ0) is 13.8. The van der Waals surface area contributed by atoms with E-state index in [0.717, 1.165) is 6.21 Å². The van der Waals surface area contributed by atoms with Gasteiger partial charge in [0.25, 0.3) is 5.91 Å². The van der Waals surface area contributed by atoms with Crippen molar-refractivity contribution in [1.29, 1.82) is 0 Å². The van der Waals surface area contributed by atoms with Gasteiger partial charge in [-0.15, -0.1) is 0 Å². The smallest absolute Gasteiger partial charge is 0.400 e. The van der Waals surface area contributed by atoms with Gasteiger partial charge in [0.2, 0.25) is 0 Å². The third-order valence-corrected chi connectivity index (χ3v) is 2.01. The van der Waals surface area contributed by atoms with Gasteiger partial charge in [0.05, 0.1) is 12.3 Å². The van der Waals surface area contributed by atoms with Crippen LogP contribution in [0.4, 0.5) is 5.88 Å². The molecule has 19 heavy (non-hydrogen) atoms. The summed E-state index contributed by atoms with van der Waals surface area (Å²) in [6.07, 6.45) is 1.14. The Balaban J connectivity index is 1.96. The molecule has 0 bridgehead atoms. The van der Waals surface area contributed by atoms with Crippen LogP contribution in [0.15, 0.2) is 32.2 Å². The van der Waals surface area contributed by atoms with Gasteiger partial charge in [-0.3, -0.25) is 14.9 Å². The minimum atomic E-state index is -0.673. The lowest BCUT2D eigenvalue weighted by molar-refractivity contribution is -0.402. The Morgan fingerprint density at radius 3 is 2.95 bits per heavy atom. The van der Waals surface area contributed by atoms with Crippen molar-refractivity contribution in [3.63, 3.8) is 0 Å².